The Morgan fingerprint density at radius 1 is 0.931 bits per heavy atom. The molecule has 29 heavy (non-hydrogen) atoms. The van der Waals surface area contributed by atoms with Gasteiger partial charge in [-0.15, -0.1) is 0 Å². The summed E-state index contributed by atoms with van der Waals surface area (Å²) >= 11 is 4.67. The zero-order chi connectivity index (χ0) is 20.4. The van der Waals surface area contributed by atoms with E-state index in [1.165, 1.54) is 17.9 Å². The summed E-state index contributed by atoms with van der Waals surface area (Å²) in [6.45, 7) is 0.611. The first-order valence-corrected chi connectivity index (χ1v) is 11.3. The number of nitrogens with zero attached hydrogens (tertiary/aromatic N) is 1. The number of aryl methyl sites for hydroxylation is 1. The van der Waals surface area contributed by atoms with Crippen molar-refractivity contribution in [2.24, 2.45) is 0 Å². The van der Waals surface area contributed by atoms with Gasteiger partial charge < -0.3 is 15.0 Å². The molecule has 1 heterocycles. The third kappa shape index (κ3) is 4.58. The second kappa shape index (κ2) is 8.74. The molecule has 6 heteroatoms. The van der Waals surface area contributed by atoms with Gasteiger partial charge in [-0.3, -0.25) is 4.79 Å². The first-order chi connectivity index (χ1) is 14.0. The van der Waals surface area contributed by atoms with Crippen molar-refractivity contribution in [3.05, 3.63) is 79.6 Å². The Morgan fingerprint density at radius 2 is 1.52 bits per heavy atom. The predicted octanol–water partition coefficient (Wildman–Crippen LogP) is 5.89. The maximum atomic E-state index is 12.3. The summed E-state index contributed by atoms with van der Waals surface area (Å²) in [5.41, 5.74) is 3.21. The van der Waals surface area contributed by atoms with Gasteiger partial charge in [-0.05, 0) is 105 Å². The van der Waals surface area contributed by atoms with Crippen LogP contribution in [0.5, 0.6) is 5.75 Å². The fraction of sp³-hybridized carbons (Fsp3) is 0.0870. The van der Waals surface area contributed by atoms with Crippen LogP contribution in [0.3, 0.4) is 0 Å². The van der Waals surface area contributed by atoms with E-state index < -0.39 is 0 Å². The quantitative estimate of drug-likeness (QED) is 0.278. The number of benzene rings is 3. The van der Waals surface area contributed by atoms with Crippen molar-refractivity contribution in [1.82, 2.24) is 9.88 Å². The summed E-state index contributed by atoms with van der Waals surface area (Å²) in [4.78, 5) is 12.3. The maximum Gasteiger partial charge on any atom is 0.225 e. The van der Waals surface area contributed by atoms with E-state index in [4.69, 9.17) is 0 Å². The number of carbonyl (C=O) groups is 1. The summed E-state index contributed by atoms with van der Waals surface area (Å²) in [6, 6.07) is 19.7. The summed E-state index contributed by atoms with van der Waals surface area (Å²) in [5.74, 6) is 0.188. The molecule has 0 unspecified atom stereocenters. The number of carbonyl (C=O) groups excluding carboxylic acids is 1. The van der Waals surface area contributed by atoms with Crippen LogP contribution in [-0.2, 0) is 11.3 Å². The van der Waals surface area contributed by atoms with E-state index in [2.05, 4.69) is 91.5 Å². The second-order valence-electron chi connectivity index (χ2n) is 6.72. The SMILES string of the molecule is O=C(CCn1c2ccc(I)cc2c2cc(I)ccc21)N/C=C/c1ccc(O)cc1. The van der Waals surface area contributed by atoms with Crippen LogP contribution in [0.15, 0.2) is 66.9 Å². The van der Waals surface area contributed by atoms with Gasteiger partial charge in [0.05, 0.1) is 0 Å². The van der Waals surface area contributed by atoms with Gasteiger partial charge in [-0.1, -0.05) is 12.1 Å². The number of hydrogen-bond acceptors (Lipinski definition) is 2. The van der Waals surface area contributed by atoms with Gasteiger partial charge in [-0.25, -0.2) is 0 Å². The summed E-state index contributed by atoms with van der Waals surface area (Å²) < 4.78 is 4.62. The molecule has 0 aliphatic carbocycles. The molecule has 0 radical (unpaired) electrons. The molecule has 0 saturated heterocycles. The van der Waals surface area contributed by atoms with Crippen molar-refractivity contribution in [3.8, 4) is 5.75 Å². The normalized spacial score (nSPS) is 11.5. The Hall–Kier alpha value is -2.07. The first kappa shape index (κ1) is 20.2. The molecular weight excluding hydrogens is 590 g/mol. The molecule has 3 aromatic carbocycles. The number of aromatic hydroxyl groups is 1. The molecule has 0 fully saturated rings. The second-order valence-corrected chi connectivity index (χ2v) is 9.21. The molecule has 0 atom stereocenters. The van der Waals surface area contributed by atoms with Crippen LogP contribution in [0, 0.1) is 7.14 Å². The minimum absolute atomic E-state index is 0.0361. The van der Waals surface area contributed by atoms with Crippen LogP contribution in [0.1, 0.15) is 12.0 Å². The number of fused-ring (bicyclic) bond motifs is 3. The Bertz CT molecular complexity index is 1170. The van der Waals surface area contributed by atoms with Crippen molar-refractivity contribution in [2.75, 3.05) is 0 Å². The number of rotatable bonds is 5. The number of aromatic nitrogens is 1. The molecule has 0 bridgehead atoms. The highest BCUT2D eigenvalue weighted by molar-refractivity contribution is 14.1. The predicted molar refractivity (Wildman–Crippen MR) is 135 cm³/mol. The third-order valence-electron chi connectivity index (χ3n) is 4.76. The first-order valence-electron chi connectivity index (χ1n) is 9.13. The van der Waals surface area contributed by atoms with Crippen LogP contribution in [-0.4, -0.2) is 15.6 Å². The van der Waals surface area contributed by atoms with Crippen LogP contribution in [0.4, 0.5) is 0 Å². The van der Waals surface area contributed by atoms with E-state index in [0.29, 0.717) is 13.0 Å². The van der Waals surface area contributed by atoms with Gasteiger partial charge in [-0.2, -0.15) is 0 Å². The van der Waals surface area contributed by atoms with Crippen molar-refractivity contribution in [3.63, 3.8) is 0 Å². The molecule has 2 N–H and O–H groups in total. The van der Waals surface area contributed by atoms with E-state index in [1.54, 1.807) is 30.5 Å². The maximum absolute atomic E-state index is 12.3. The van der Waals surface area contributed by atoms with E-state index in [1.807, 2.05) is 6.08 Å². The lowest BCUT2D eigenvalue weighted by Crippen LogP contribution is -2.18. The molecule has 4 aromatic rings. The standard InChI is InChI=1S/C23H18I2N2O2/c24-16-3-7-21-19(13-16)20-14-17(25)4-8-22(20)27(21)12-10-23(29)26-11-9-15-1-5-18(28)6-2-15/h1-9,11,13-14,28H,10,12H2,(H,26,29)/b11-9+. The summed E-state index contributed by atoms with van der Waals surface area (Å²) in [5, 5.41) is 14.6. The van der Waals surface area contributed by atoms with Crippen LogP contribution in [0.25, 0.3) is 27.9 Å². The topological polar surface area (TPSA) is 54.3 Å². The summed E-state index contributed by atoms with van der Waals surface area (Å²) in [7, 11) is 0. The zero-order valence-corrected chi connectivity index (χ0v) is 19.7. The fourth-order valence-electron chi connectivity index (χ4n) is 3.39. The molecule has 0 spiro atoms. The van der Waals surface area contributed by atoms with Crippen molar-refractivity contribution >= 4 is 79.0 Å². The lowest BCUT2D eigenvalue weighted by Gasteiger charge is -2.07. The molecule has 146 valence electrons. The van der Waals surface area contributed by atoms with E-state index in [-0.39, 0.29) is 11.7 Å². The average molecular weight is 608 g/mol. The Kier molecular flexibility index (Phi) is 6.09. The van der Waals surface area contributed by atoms with Crippen molar-refractivity contribution in [2.45, 2.75) is 13.0 Å². The molecule has 1 amide bonds. The molecule has 0 aliphatic rings. The lowest BCUT2D eigenvalue weighted by molar-refractivity contribution is -0.120. The largest absolute Gasteiger partial charge is 0.508 e. The Balaban J connectivity index is 1.51. The van der Waals surface area contributed by atoms with Crippen molar-refractivity contribution in [1.29, 1.82) is 0 Å². The number of phenolic OH excluding ortho intramolecular Hbond substituents is 1. The number of nitrogens with one attached hydrogen (secondary N) is 1. The van der Waals surface area contributed by atoms with E-state index in [0.717, 1.165) is 16.6 Å². The highest BCUT2D eigenvalue weighted by atomic mass is 127. The highest BCUT2D eigenvalue weighted by Gasteiger charge is 2.12. The monoisotopic (exact) mass is 608 g/mol. The minimum Gasteiger partial charge on any atom is -0.508 e. The van der Waals surface area contributed by atoms with Gasteiger partial charge in [0, 0.05) is 48.1 Å². The molecule has 4 nitrogen and oxygen atoms in total. The third-order valence-corrected chi connectivity index (χ3v) is 6.11. The number of hydrogen-bond donors (Lipinski definition) is 2. The Labute approximate surface area is 195 Å². The van der Waals surface area contributed by atoms with Crippen LogP contribution in [0.2, 0.25) is 0 Å². The molecule has 0 aliphatic heterocycles. The highest BCUT2D eigenvalue weighted by Crippen LogP contribution is 2.31. The van der Waals surface area contributed by atoms with Gasteiger partial charge in [0.25, 0.3) is 0 Å². The fourth-order valence-corrected chi connectivity index (χ4v) is 4.37. The van der Waals surface area contributed by atoms with Gasteiger partial charge in [0.2, 0.25) is 5.91 Å². The minimum atomic E-state index is -0.0361. The zero-order valence-electron chi connectivity index (χ0n) is 15.4. The summed E-state index contributed by atoms with van der Waals surface area (Å²) in [6.07, 6.45) is 3.84. The number of halogens is 2. The lowest BCUT2D eigenvalue weighted by atomic mass is 10.2. The average Bonchev–Trinajstić information content (AvgIpc) is 3.00. The van der Waals surface area contributed by atoms with Crippen LogP contribution < -0.4 is 5.32 Å². The molecule has 0 saturated carbocycles. The molecule has 1 aromatic heterocycles. The van der Waals surface area contributed by atoms with Gasteiger partial charge >= 0.3 is 0 Å². The van der Waals surface area contributed by atoms with Crippen molar-refractivity contribution < 1.29 is 9.90 Å². The number of amides is 1. The number of phenols is 1. The van der Waals surface area contributed by atoms with Crippen LogP contribution >= 0.6 is 45.2 Å². The van der Waals surface area contributed by atoms with Gasteiger partial charge in [0.15, 0.2) is 0 Å². The molecule has 4 rings (SSSR count). The van der Waals surface area contributed by atoms with E-state index >= 15 is 0 Å². The van der Waals surface area contributed by atoms with Gasteiger partial charge in [0.1, 0.15) is 5.75 Å². The molecular formula is C23H18I2N2O2. The Morgan fingerprint density at radius 3 is 2.10 bits per heavy atom. The van der Waals surface area contributed by atoms with E-state index in [9.17, 15) is 9.90 Å². The smallest absolute Gasteiger partial charge is 0.225 e.